The Balaban J connectivity index is 1.92. The second-order valence-corrected chi connectivity index (χ2v) is 6.14. The molecule has 0 aromatic carbocycles. The Labute approximate surface area is 122 Å². The van der Waals surface area contributed by atoms with E-state index in [1.54, 1.807) is 0 Å². The highest BCUT2D eigenvalue weighted by Gasteiger charge is 2.28. The first-order valence-corrected chi connectivity index (χ1v) is 8.25. The number of aldehydes is 1. The van der Waals surface area contributed by atoms with Crippen molar-refractivity contribution in [3.8, 4) is 0 Å². The molecule has 0 aromatic rings. The Morgan fingerprint density at radius 2 is 1.85 bits per heavy atom. The predicted octanol–water partition coefficient (Wildman–Crippen LogP) is 2.22. The van der Waals surface area contributed by atoms with E-state index in [2.05, 4.69) is 16.7 Å². The van der Waals surface area contributed by atoms with Gasteiger partial charge >= 0.3 is 0 Å². The third kappa shape index (κ3) is 3.81. The molecule has 0 bridgehead atoms. The molecule has 0 aromatic heterocycles. The van der Waals surface area contributed by atoms with Crippen LogP contribution in [0.15, 0.2) is 0 Å². The molecule has 20 heavy (non-hydrogen) atoms. The van der Waals surface area contributed by atoms with Crippen LogP contribution in [0.4, 0.5) is 0 Å². The molecule has 1 saturated carbocycles. The summed E-state index contributed by atoms with van der Waals surface area (Å²) in [5.74, 6) is 0.216. The van der Waals surface area contributed by atoms with Crippen LogP contribution < -0.4 is 0 Å². The molecule has 1 atom stereocenters. The molecule has 1 aliphatic carbocycles. The van der Waals surface area contributed by atoms with Crippen LogP contribution in [0.25, 0.3) is 0 Å². The molecule has 1 saturated heterocycles. The van der Waals surface area contributed by atoms with Gasteiger partial charge in [-0.1, -0.05) is 25.7 Å². The average Bonchev–Trinajstić information content (AvgIpc) is 2.49. The van der Waals surface area contributed by atoms with E-state index in [1.165, 1.54) is 19.3 Å². The normalized spacial score (nSPS) is 25.4. The second kappa shape index (κ2) is 7.77. The number of amides is 1. The fourth-order valence-electron chi connectivity index (χ4n) is 3.66. The van der Waals surface area contributed by atoms with Gasteiger partial charge in [0.05, 0.1) is 12.6 Å². The van der Waals surface area contributed by atoms with Crippen LogP contribution in [-0.2, 0) is 9.59 Å². The first-order chi connectivity index (χ1) is 9.76. The van der Waals surface area contributed by atoms with Gasteiger partial charge in [-0.3, -0.25) is 9.69 Å². The van der Waals surface area contributed by atoms with E-state index >= 15 is 0 Å². The summed E-state index contributed by atoms with van der Waals surface area (Å²) in [6.45, 7) is 4.17. The highest BCUT2D eigenvalue weighted by molar-refractivity contribution is 5.79. The Morgan fingerprint density at radius 1 is 1.15 bits per heavy atom. The molecular formula is C16H28N2O2. The standard InChI is InChI=1S/C16H28N2O2/c1-2-18(14-8-4-3-5-9-14)16(20)12-17-11-7-6-10-15(17)13-19/h13-15H,2-12H2,1H3. The molecule has 4 heteroatoms. The van der Waals surface area contributed by atoms with Crippen LogP contribution in [0.3, 0.4) is 0 Å². The number of carbonyl (C=O) groups is 2. The van der Waals surface area contributed by atoms with Crippen molar-refractivity contribution in [1.29, 1.82) is 0 Å². The number of rotatable bonds is 5. The van der Waals surface area contributed by atoms with E-state index in [-0.39, 0.29) is 11.9 Å². The smallest absolute Gasteiger partial charge is 0.237 e. The van der Waals surface area contributed by atoms with E-state index in [9.17, 15) is 9.59 Å². The number of hydrogen-bond donors (Lipinski definition) is 0. The van der Waals surface area contributed by atoms with Gasteiger partial charge in [0, 0.05) is 12.6 Å². The third-order valence-electron chi connectivity index (χ3n) is 4.84. The highest BCUT2D eigenvalue weighted by atomic mass is 16.2. The van der Waals surface area contributed by atoms with Crippen LogP contribution in [-0.4, -0.2) is 53.7 Å². The molecule has 2 fully saturated rings. The monoisotopic (exact) mass is 280 g/mol. The molecule has 1 heterocycles. The Bertz CT molecular complexity index is 326. The summed E-state index contributed by atoms with van der Waals surface area (Å²) in [6.07, 6.45) is 10.2. The summed E-state index contributed by atoms with van der Waals surface area (Å²) in [7, 11) is 0. The van der Waals surface area contributed by atoms with E-state index in [0.717, 1.165) is 51.5 Å². The lowest BCUT2D eigenvalue weighted by Gasteiger charge is -2.37. The van der Waals surface area contributed by atoms with Crippen molar-refractivity contribution < 1.29 is 9.59 Å². The SMILES string of the molecule is CCN(C(=O)CN1CCCCC1C=O)C1CCCCC1. The third-order valence-corrected chi connectivity index (χ3v) is 4.84. The molecular weight excluding hydrogens is 252 g/mol. The minimum atomic E-state index is -0.0437. The lowest BCUT2D eigenvalue weighted by atomic mass is 9.94. The summed E-state index contributed by atoms with van der Waals surface area (Å²) in [5.41, 5.74) is 0. The Hall–Kier alpha value is -0.900. The van der Waals surface area contributed by atoms with Gasteiger partial charge in [0.15, 0.2) is 0 Å². The quantitative estimate of drug-likeness (QED) is 0.725. The fourth-order valence-corrected chi connectivity index (χ4v) is 3.66. The van der Waals surface area contributed by atoms with Crippen LogP contribution in [0.2, 0.25) is 0 Å². The van der Waals surface area contributed by atoms with E-state index in [1.807, 2.05) is 0 Å². The molecule has 4 nitrogen and oxygen atoms in total. The zero-order valence-electron chi connectivity index (χ0n) is 12.7. The average molecular weight is 280 g/mol. The van der Waals surface area contributed by atoms with E-state index in [0.29, 0.717) is 12.6 Å². The van der Waals surface area contributed by atoms with Gasteiger partial charge < -0.3 is 9.69 Å². The van der Waals surface area contributed by atoms with Crippen molar-refractivity contribution in [2.45, 2.75) is 70.4 Å². The summed E-state index contributed by atoms with van der Waals surface area (Å²) in [6, 6.07) is 0.387. The molecule has 114 valence electrons. The van der Waals surface area contributed by atoms with Gasteiger partial charge in [-0.2, -0.15) is 0 Å². The molecule has 2 rings (SSSR count). The summed E-state index contributed by atoms with van der Waals surface area (Å²) >= 11 is 0. The number of piperidine rings is 1. The number of carbonyl (C=O) groups excluding carboxylic acids is 2. The van der Waals surface area contributed by atoms with Crippen LogP contribution >= 0.6 is 0 Å². The first-order valence-electron chi connectivity index (χ1n) is 8.25. The Kier molecular flexibility index (Phi) is 6.02. The predicted molar refractivity (Wildman–Crippen MR) is 79.5 cm³/mol. The van der Waals surface area contributed by atoms with Crippen molar-refractivity contribution in [3.05, 3.63) is 0 Å². The zero-order valence-corrected chi connectivity index (χ0v) is 12.7. The maximum absolute atomic E-state index is 12.6. The van der Waals surface area contributed by atoms with Gasteiger partial charge in [0.25, 0.3) is 0 Å². The lowest BCUT2D eigenvalue weighted by molar-refractivity contribution is -0.136. The van der Waals surface area contributed by atoms with Gasteiger partial charge in [-0.15, -0.1) is 0 Å². The van der Waals surface area contributed by atoms with Gasteiger partial charge in [0.2, 0.25) is 5.91 Å². The van der Waals surface area contributed by atoms with Gasteiger partial charge in [-0.25, -0.2) is 0 Å². The minimum absolute atomic E-state index is 0.0437. The number of hydrogen-bond acceptors (Lipinski definition) is 3. The first kappa shape index (κ1) is 15.5. The lowest BCUT2D eigenvalue weighted by Crippen LogP contribution is -2.50. The van der Waals surface area contributed by atoms with E-state index < -0.39 is 0 Å². The molecule has 0 spiro atoms. The van der Waals surface area contributed by atoms with Crippen molar-refractivity contribution >= 4 is 12.2 Å². The fraction of sp³-hybridized carbons (Fsp3) is 0.875. The number of nitrogens with zero attached hydrogens (tertiary/aromatic N) is 2. The van der Waals surface area contributed by atoms with Gasteiger partial charge in [-0.05, 0) is 39.2 Å². The second-order valence-electron chi connectivity index (χ2n) is 6.14. The maximum atomic E-state index is 12.6. The molecule has 0 radical (unpaired) electrons. The van der Waals surface area contributed by atoms with Crippen molar-refractivity contribution in [1.82, 2.24) is 9.80 Å². The van der Waals surface area contributed by atoms with Gasteiger partial charge in [0.1, 0.15) is 6.29 Å². The minimum Gasteiger partial charge on any atom is -0.339 e. The van der Waals surface area contributed by atoms with Crippen molar-refractivity contribution in [2.24, 2.45) is 0 Å². The summed E-state index contributed by atoms with van der Waals surface area (Å²) in [4.78, 5) is 27.8. The zero-order chi connectivity index (χ0) is 14.4. The molecule has 0 N–H and O–H groups in total. The molecule has 1 amide bonds. The topological polar surface area (TPSA) is 40.6 Å². The number of likely N-dealkylation sites (tertiary alicyclic amines) is 1. The molecule has 1 aliphatic heterocycles. The number of likely N-dealkylation sites (N-methyl/N-ethyl adjacent to an activating group) is 1. The van der Waals surface area contributed by atoms with Crippen LogP contribution in [0, 0.1) is 0 Å². The summed E-state index contributed by atoms with van der Waals surface area (Å²) < 4.78 is 0. The molecule has 2 aliphatic rings. The maximum Gasteiger partial charge on any atom is 0.237 e. The van der Waals surface area contributed by atoms with Crippen LogP contribution in [0.1, 0.15) is 58.3 Å². The van der Waals surface area contributed by atoms with Crippen molar-refractivity contribution in [2.75, 3.05) is 19.6 Å². The van der Waals surface area contributed by atoms with E-state index in [4.69, 9.17) is 0 Å². The highest BCUT2D eigenvalue weighted by Crippen LogP contribution is 2.23. The van der Waals surface area contributed by atoms with Crippen LogP contribution in [0.5, 0.6) is 0 Å². The largest absolute Gasteiger partial charge is 0.339 e. The Morgan fingerprint density at radius 3 is 2.50 bits per heavy atom. The summed E-state index contributed by atoms with van der Waals surface area (Å²) in [5, 5.41) is 0. The van der Waals surface area contributed by atoms with Crippen molar-refractivity contribution in [3.63, 3.8) is 0 Å². The molecule has 1 unspecified atom stereocenters.